The molecular weight excluding hydrogens is 232 g/mol. The number of carbonyl (C=O) groups excluding carboxylic acids is 1. The topological polar surface area (TPSA) is 38.8 Å². The Labute approximate surface area is 99.9 Å². The summed E-state index contributed by atoms with van der Waals surface area (Å²) in [6.45, 7) is 1.12. The number of halogens is 2. The van der Waals surface area contributed by atoms with Gasteiger partial charge in [0.05, 0.1) is 26.2 Å². The van der Waals surface area contributed by atoms with Crippen molar-refractivity contribution in [2.75, 3.05) is 33.4 Å². The minimum absolute atomic E-state index is 0.0198. The maximum absolute atomic E-state index is 12.4. The number of hydrogen-bond acceptors (Lipinski definition) is 4. The summed E-state index contributed by atoms with van der Waals surface area (Å²) in [7, 11) is 1.29. The van der Waals surface area contributed by atoms with Crippen LogP contribution in [0.4, 0.5) is 8.78 Å². The molecule has 0 radical (unpaired) electrons. The van der Waals surface area contributed by atoms with E-state index in [0.717, 1.165) is 12.8 Å². The summed E-state index contributed by atoms with van der Waals surface area (Å²) in [6, 6.07) is 0. The van der Waals surface area contributed by atoms with Gasteiger partial charge in [-0.05, 0) is 12.8 Å². The maximum Gasteiger partial charge on any atom is 0.306 e. The predicted molar refractivity (Wildman–Crippen MR) is 58.1 cm³/mol. The molecule has 0 aromatic carbocycles. The van der Waals surface area contributed by atoms with Gasteiger partial charge in [-0.15, -0.1) is 0 Å². The zero-order chi connectivity index (χ0) is 12.7. The molecule has 0 aliphatic carbocycles. The summed E-state index contributed by atoms with van der Waals surface area (Å²) < 4.78 is 34.6. The van der Waals surface area contributed by atoms with E-state index >= 15 is 0 Å². The molecule has 0 amide bonds. The van der Waals surface area contributed by atoms with Gasteiger partial charge in [0.15, 0.2) is 0 Å². The number of methoxy groups -OCH3 is 1. The molecule has 1 saturated heterocycles. The van der Waals surface area contributed by atoms with Crippen molar-refractivity contribution in [1.29, 1.82) is 0 Å². The second-order valence-electron chi connectivity index (χ2n) is 4.11. The van der Waals surface area contributed by atoms with E-state index in [0.29, 0.717) is 13.2 Å². The fourth-order valence-electron chi connectivity index (χ4n) is 1.88. The zero-order valence-electron chi connectivity index (χ0n) is 10.0. The van der Waals surface area contributed by atoms with Crippen molar-refractivity contribution in [2.45, 2.75) is 31.8 Å². The minimum atomic E-state index is -2.39. The van der Waals surface area contributed by atoms with Crippen LogP contribution >= 0.6 is 0 Å². The molecule has 1 rings (SSSR count). The maximum atomic E-state index is 12.4. The van der Waals surface area contributed by atoms with Gasteiger partial charge in [0, 0.05) is 19.7 Å². The standard InChI is InChI=1S/C11H19F2NO3/c1-16-11(15)4-5-14(8-10(12)13)7-9-3-2-6-17-9/h9-10H,2-8H2,1H3. The molecule has 4 nitrogen and oxygen atoms in total. The number of esters is 1. The van der Waals surface area contributed by atoms with Crippen LogP contribution in [-0.2, 0) is 14.3 Å². The molecule has 0 bridgehead atoms. The molecule has 0 N–H and O–H groups in total. The summed E-state index contributed by atoms with van der Waals surface area (Å²) in [5.74, 6) is -0.378. The highest BCUT2D eigenvalue weighted by Gasteiger charge is 2.21. The Kier molecular flexibility index (Phi) is 6.36. The highest BCUT2D eigenvalue weighted by atomic mass is 19.3. The van der Waals surface area contributed by atoms with Gasteiger partial charge in [0.25, 0.3) is 6.43 Å². The van der Waals surface area contributed by atoms with E-state index < -0.39 is 6.43 Å². The van der Waals surface area contributed by atoms with Gasteiger partial charge in [0.1, 0.15) is 0 Å². The van der Waals surface area contributed by atoms with Crippen molar-refractivity contribution in [3.05, 3.63) is 0 Å². The summed E-state index contributed by atoms with van der Waals surface area (Å²) >= 11 is 0. The number of ether oxygens (including phenoxy) is 2. The van der Waals surface area contributed by atoms with Gasteiger partial charge in [-0.3, -0.25) is 9.69 Å². The third kappa shape index (κ3) is 5.93. The molecule has 1 aliphatic heterocycles. The molecule has 1 aliphatic rings. The van der Waals surface area contributed by atoms with Crippen molar-refractivity contribution in [1.82, 2.24) is 4.90 Å². The van der Waals surface area contributed by atoms with Gasteiger partial charge in [-0.25, -0.2) is 8.78 Å². The SMILES string of the molecule is COC(=O)CCN(CC(F)F)CC1CCCO1. The van der Waals surface area contributed by atoms with E-state index in [2.05, 4.69) is 4.74 Å². The second-order valence-corrected chi connectivity index (χ2v) is 4.11. The number of hydrogen-bond donors (Lipinski definition) is 0. The molecule has 6 heteroatoms. The average Bonchev–Trinajstić information content (AvgIpc) is 2.77. The molecule has 100 valence electrons. The molecule has 1 atom stereocenters. The Morgan fingerprint density at radius 2 is 2.35 bits per heavy atom. The van der Waals surface area contributed by atoms with Crippen LogP contribution in [0.5, 0.6) is 0 Å². The molecular formula is C11H19F2NO3. The Bertz CT molecular complexity index is 233. The second kappa shape index (κ2) is 7.55. The van der Waals surface area contributed by atoms with Crippen LogP contribution in [0.15, 0.2) is 0 Å². The normalized spacial score (nSPS) is 20.2. The number of nitrogens with zero attached hydrogens (tertiary/aromatic N) is 1. The quantitative estimate of drug-likeness (QED) is 0.639. The van der Waals surface area contributed by atoms with Crippen LogP contribution in [0.25, 0.3) is 0 Å². The minimum Gasteiger partial charge on any atom is -0.469 e. The Morgan fingerprint density at radius 3 is 2.88 bits per heavy atom. The van der Waals surface area contributed by atoms with Crippen molar-refractivity contribution in [2.24, 2.45) is 0 Å². The van der Waals surface area contributed by atoms with Gasteiger partial charge >= 0.3 is 5.97 Å². The first-order chi connectivity index (χ1) is 8.11. The van der Waals surface area contributed by atoms with Gasteiger partial charge in [-0.1, -0.05) is 0 Å². The van der Waals surface area contributed by atoms with Gasteiger partial charge in [-0.2, -0.15) is 0 Å². The van der Waals surface area contributed by atoms with E-state index in [1.165, 1.54) is 7.11 Å². The molecule has 0 aromatic heterocycles. The van der Waals surface area contributed by atoms with Crippen molar-refractivity contribution >= 4 is 5.97 Å². The molecule has 0 spiro atoms. The van der Waals surface area contributed by atoms with Crippen LogP contribution in [0.2, 0.25) is 0 Å². The van der Waals surface area contributed by atoms with Crippen molar-refractivity contribution in [3.8, 4) is 0 Å². The zero-order valence-corrected chi connectivity index (χ0v) is 10.0. The lowest BCUT2D eigenvalue weighted by atomic mass is 10.2. The fourth-order valence-corrected chi connectivity index (χ4v) is 1.88. The van der Waals surface area contributed by atoms with E-state index in [4.69, 9.17) is 4.74 Å². The van der Waals surface area contributed by atoms with Crippen LogP contribution in [-0.4, -0.2) is 56.7 Å². The lowest BCUT2D eigenvalue weighted by molar-refractivity contribution is -0.141. The molecule has 0 aromatic rings. The molecule has 0 saturated carbocycles. The first-order valence-corrected chi connectivity index (χ1v) is 5.80. The molecule has 1 unspecified atom stereocenters. The van der Waals surface area contributed by atoms with E-state index in [1.807, 2.05) is 0 Å². The van der Waals surface area contributed by atoms with Gasteiger partial charge < -0.3 is 9.47 Å². The van der Waals surface area contributed by atoms with E-state index in [-0.39, 0.29) is 31.6 Å². The molecule has 1 heterocycles. The fraction of sp³-hybridized carbons (Fsp3) is 0.909. The van der Waals surface area contributed by atoms with Crippen molar-refractivity contribution in [3.63, 3.8) is 0 Å². The number of alkyl halides is 2. The number of rotatable bonds is 7. The Hall–Kier alpha value is -0.750. The molecule has 1 fully saturated rings. The first-order valence-electron chi connectivity index (χ1n) is 5.80. The lowest BCUT2D eigenvalue weighted by Crippen LogP contribution is -2.37. The lowest BCUT2D eigenvalue weighted by Gasteiger charge is -2.24. The van der Waals surface area contributed by atoms with Crippen LogP contribution in [0, 0.1) is 0 Å². The number of carbonyl (C=O) groups is 1. The van der Waals surface area contributed by atoms with E-state index in [1.54, 1.807) is 4.90 Å². The predicted octanol–water partition coefficient (Wildman–Crippen LogP) is 1.30. The Morgan fingerprint density at radius 1 is 1.59 bits per heavy atom. The summed E-state index contributed by atoms with van der Waals surface area (Å²) in [4.78, 5) is 12.5. The first kappa shape index (κ1) is 14.3. The highest BCUT2D eigenvalue weighted by Crippen LogP contribution is 2.14. The van der Waals surface area contributed by atoms with Gasteiger partial charge in [0.2, 0.25) is 0 Å². The van der Waals surface area contributed by atoms with Crippen molar-refractivity contribution < 1.29 is 23.0 Å². The average molecular weight is 251 g/mol. The third-order valence-corrected chi connectivity index (χ3v) is 2.74. The smallest absolute Gasteiger partial charge is 0.306 e. The highest BCUT2D eigenvalue weighted by molar-refractivity contribution is 5.69. The summed E-state index contributed by atoms with van der Waals surface area (Å²) in [5.41, 5.74) is 0. The molecule has 17 heavy (non-hydrogen) atoms. The third-order valence-electron chi connectivity index (χ3n) is 2.74. The Balaban J connectivity index is 2.33. The van der Waals surface area contributed by atoms with Crippen LogP contribution < -0.4 is 0 Å². The summed E-state index contributed by atoms with van der Waals surface area (Å²) in [5, 5.41) is 0. The monoisotopic (exact) mass is 251 g/mol. The van der Waals surface area contributed by atoms with E-state index in [9.17, 15) is 13.6 Å². The largest absolute Gasteiger partial charge is 0.469 e. The van der Waals surface area contributed by atoms with Crippen LogP contribution in [0.1, 0.15) is 19.3 Å². The van der Waals surface area contributed by atoms with Crippen LogP contribution in [0.3, 0.4) is 0 Å². The summed E-state index contributed by atoms with van der Waals surface area (Å²) in [6.07, 6.45) is -0.363.